The van der Waals surface area contributed by atoms with E-state index in [9.17, 15) is 4.79 Å². The SMILES string of the molecule is COc1ccccc1CNCC(=O)NCCc1ccccn1. The fourth-order valence-electron chi connectivity index (χ4n) is 2.10. The van der Waals surface area contributed by atoms with Gasteiger partial charge in [-0.3, -0.25) is 9.78 Å². The standard InChI is InChI=1S/C17H21N3O2/c1-22-16-8-3-2-6-14(16)12-18-13-17(21)20-11-9-15-7-4-5-10-19-15/h2-8,10,18H,9,11-13H2,1H3,(H,20,21). The molecular formula is C17H21N3O2. The molecule has 1 aromatic carbocycles. The smallest absolute Gasteiger partial charge is 0.233 e. The number of aromatic nitrogens is 1. The van der Waals surface area contributed by atoms with Gasteiger partial charge in [0.15, 0.2) is 0 Å². The van der Waals surface area contributed by atoms with Gasteiger partial charge in [-0.15, -0.1) is 0 Å². The Morgan fingerprint density at radius 1 is 1.18 bits per heavy atom. The summed E-state index contributed by atoms with van der Waals surface area (Å²) >= 11 is 0. The van der Waals surface area contributed by atoms with Gasteiger partial charge in [-0.1, -0.05) is 24.3 Å². The normalized spacial score (nSPS) is 10.2. The number of amides is 1. The first kappa shape index (κ1) is 16.0. The average molecular weight is 299 g/mol. The van der Waals surface area contributed by atoms with E-state index < -0.39 is 0 Å². The van der Waals surface area contributed by atoms with Crippen LogP contribution in [-0.4, -0.2) is 31.1 Å². The van der Waals surface area contributed by atoms with Gasteiger partial charge in [0.25, 0.3) is 0 Å². The number of hydrogen-bond acceptors (Lipinski definition) is 4. The molecule has 0 aliphatic heterocycles. The van der Waals surface area contributed by atoms with E-state index in [1.807, 2.05) is 42.5 Å². The molecular weight excluding hydrogens is 278 g/mol. The maximum atomic E-state index is 11.8. The predicted molar refractivity (Wildman–Crippen MR) is 85.7 cm³/mol. The maximum absolute atomic E-state index is 11.8. The molecule has 0 bridgehead atoms. The Balaban J connectivity index is 1.65. The second kappa shape index (κ2) is 8.79. The molecule has 0 atom stereocenters. The van der Waals surface area contributed by atoms with E-state index in [1.165, 1.54) is 0 Å². The molecule has 0 saturated carbocycles. The first-order chi connectivity index (χ1) is 10.8. The largest absolute Gasteiger partial charge is 0.496 e. The van der Waals surface area contributed by atoms with Crippen molar-refractivity contribution >= 4 is 5.91 Å². The van der Waals surface area contributed by atoms with Crippen molar-refractivity contribution in [2.45, 2.75) is 13.0 Å². The summed E-state index contributed by atoms with van der Waals surface area (Å²) in [6.45, 7) is 1.46. The number of nitrogens with one attached hydrogen (secondary N) is 2. The van der Waals surface area contributed by atoms with Crippen molar-refractivity contribution in [3.8, 4) is 5.75 Å². The molecule has 0 saturated heterocycles. The number of rotatable bonds is 8. The van der Waals surface area contributed by atoms with E-state index in [2.05, 4.69) is 15.6 Å². The zero-order valence-electron chi connectivity index (χ0n) is 12.7. The predicted octanol–water partition coefficient (Wildman–Crippen LogP) is 1.54. The Bertz CT molecular complexity index is 587. The molecule has 1 heterocycles. The molecule has 1 aromatic heterocycles. The van der Waals surface area contributed by atoms with Crippen molar-refractivity contribution in [2.75, 3.05) is 20.2 Å². The van der Waals surface area contributed by atoms with Crippen molar-refractivity contribution < 1.29 is 9.53 Å². The molecule has 5 heteroatoms. The summed E-state index contributed by atoms with van der Waals surface area (Å²) < 4.78 is 5.27. The van der Waals surface area contributed by atoms with Gasteiger partial charge < -0.3 is 15.4 Å². The molecule has 0 aliphatic carbocycles. The Kier molecular flexibility index (Phi) is 6.39. The van der Waals surface area contributed by atoms with Gasteiger partial charge in [0.1, 0.15) is 5.75 Å². The molecule has 5 nitrogen and oxygen atoms in total. The molecule has 1 amide bonds. The highest BCUT2D eigenvalue weighted by Gasteiger charge is 2.04. The Hall–Kier alpha value is -2.40. The summed E-state index contributed by atoms with van der Waals surface area (Å²) in [5.41, 5.74) is 2.01. The quantitative estimate of drug-likeness (QED) is 0.776. The third-order valence-corrected chi connectivity index (χ3v) is 3.22. The van der Waals surface area contributed by atoms with Gasteiger partial charge >= 0.3 is 0 Å². The van der Waals surface area contributed by atoms with Gasteiger partial charge in [-0.2, -0.15) is 0 Å². The lowest BCUT2D eigenvalue weighted by atomic mass is 10.2. The lowest BCUT2D eigenvalue weighted by Gasteiger charge is -2.09. The zero-order valence-corrected chi connectivity index (χ0v) is 12.7. The Morgan fingerprint density at radius 2 is 2.00 bits per heavy atom. The number of carbonyl (C=O) groups is 1. The van der Waals surface area contributed by atoms with Gasteiger partial charge in [-0.25, -0.2) is 0 Å². The van der Waals surface area contributed by atoms with Crippen LogP contribution in [0.4, 0.5) is 0 Å². The van der Waals surface area contributed by atoms with Gasteiger partial charge in [-0.05, 0) is 18.2 Å². The summed E-state index contributed by atoms with van der Waals surface area (Å²) in [4.78, 5) is 16.0. The van der Waals surface area contributed by atoms with Gasteiger partial charge in [0.2, 0.25) is 5.91 Å². The highest BCUT2D eigenvalue weighted by atomic mass is 16.5. The lowest BCUT2D eigenvalue weighted by Crippen LogP contribution is -2.34. The molecule has 0 aliphatic rings. The van der Waals surface area contributed by atoms with Crippen LogP contribution in [0.1, 0.15) is 11.3 Å². The van der Waals surface area contributed by atoms with E-state index in [-0.39, 0.29) is 12.5 Å². The number of ether oxygens (including phenoxy) is 1. The molecule has 0 spiro atoms. The van der Waals surface area contributed by atoms with Crippen LogP contribution < -0.4 is 15.4 Å². The lowest BCUT2D eigenvalue weighted by molar-refractivity contribution is -0.120. The van der Waals surface area contributed by atoms with Crippen molar-refractivity contribution in [1.29, 1.82) is 0 Å². The molecule has 0 unspecified atom stereocenters. The minimum Gasteiger partial charge on any atom is -0.496 e. The van der Waals surface area contributed by atoms with Crippen LogP contribution >= 0.6 is 0 Å². The van der Waals surface area contributed by atoms with Crippen LogP contribution in [0.5, 0.6) is 5.75 Å². The molecule has 22 heavy (non-hydrogen) atoms. The summed E-state index contributed by atoms with van der Waals surface area (Å²) in [5.74, 6) is 0.802. The molecule has 2 rings (SSSR count). The van der Waals surface area contributed by atoms with Crippen LogP contribution in [0.3, 0.4) is 0 Å². The summed E-state index contributed by atoms with van der Waals surface area (Å²) in [6.07, 6.45) is 2.49. The number of carbonyl (C=O) groups excluding carboxylic acids is 1. The molecule has 0 radical (unpaired) electrons. The Morgan fingerprint density at radius 3 is 2.77 bits per heavy atom. The third-order valence-electron chi connectivity index (χ3n) is 3.22. The summed E-state index contributed by atoms with van der Waals surface area (Å²) in [5, 5.41) is 5.99. The van der Waals surface area contributed by atoms with E-state index in [0.717, 1.165) is 23.4 Å². The number of para-hydroxylation sites is 1. The van der Waals surface area contributed by atoms with Crippen molar-refractivity contribution in [1.82, 2.24) is 15.6 Å². The number of hydrogen-bond donors (Lipinski definition) is 2. The number of pyridine rings is 1. The maximum Gasteiger partial charge on any atom is 0.233 e. The second-order valence-electron chi connectivity index (χ2n) is 4.84. The van der Waals surface area contributed by atoms with Crippen molar-refractivity contribution in [3.05, 3.63) is 59.9 Å². The van der Waals surface area contributed by atoms with E-state index >= 15 is 0 Å². The summed E-state index contributed by atoms with van der Waals surface area (Å²) in [6, 6.07) is 13.5. The number of benzene rings is 1. The molecule has 2 aromatic rings. The minimum atomic E-state index is -0.0224. The zero-order chi connectivity index (χ0) is 15.6. The molecule has 116 valence electrons. The fraction of sp³-hybridized carbons (Fsp3) is 0.294. The average Bonchev–Trinajstić information content (AvgIpc) is 2.56. The van der Waals surface area contributed by atoms with E-state index in [0.29, 0.717) is 13.1 Å². The second-order valence-corrected chi connectivity index (χ2v) is 4.84. The molecule has 0 fully saturated rings. The number of nitrogens with zero attached hydrogens (tertiary/aromatic N) is 1. The van der Waals surface area contributed by atoms with Crippen LogP contribution in [0, 0.1) is 0 Å². The topological polar surface area (TPSA) is 63.2 Å². The Labute approximate surface area is 130 Å². The van der Waals surface area contributed by atoms with Crippen LogP contribution in [0.15, 0.2) is 48.7 Å². The van der Waals surface area contributed by atoms with Crippen molar-refractivity contribution in [2.24, 2.45) is 0 Å². The number of methoxy groups -OCH3 is 1. The van der Waals surface area contributed by atoms with Gasteiger partial charge in [0, 0.05) is 37.0 Å². The highest BCUT2D eigenvalue weighted by molar-refractivity contribution is 5.77. The minimum absolute atomic E-state index is 0.0224. The van der Waals surface area contributed by atoms with Crippen molar-refractivity contribution in [3.63, 3.8) is 0 Å². The highest BCUT2D eigenvalue weighted by Crippen LogP contribution is 2.16. The summed E-state index contributed by atoms with van der Waals surface area (Å²) in [7, 11) is 1.64. The van der Waals surface area contributed by atoms with Gasteiger partial charge in [0.05, 0.1) is 13.7 Å². The monoisotopic (exact) mass is 299 g/mol. The fourth-order valence-corrected chi connectivity index (χ4v) is 2.10. The van der Waals surface area contributed by atoms with Crippen LogP contribution in [0.2, 0.25) is 0 Å². The van der Waals surface area contributed by atoms with Crippen LogP contribution in [-0.2, 0) is 17.8 Å². The first-order valence-electron chi connectivity index (χ1n) is 7.29. The molecule has 2 N–H and O–H groups in total. The third kappa shape index (κ3) is 5.18. The van der Waals surface area contributed by atoms with Crippen LogP contribution in [0.25, 0.3) is 0 Å². The van der Waals surface area contributed by atoms with E-state index in [4.69, 9.17) is 4.74 Å². The first-order valence-corrected chi connectivity index (χ1v) is 7.29. The van der Waals surface area contributed by atoms with E-state index in [1.54, 1.807) is 13.3 Å².